The van der Waals surface area contributed by atoms with Crippen LogP contribution in [-0.2, 0) is 22.6 Å². The lowest BCUT2D eigenvalue weighted by molar-refractivity contribution is -0.130. The lowest BCUT2D eigenvalue weighted by atomic mass is 9.86. The Morgan fingerprint density at radius 3 is 2.93 bits per heavy atom. The topological polar surface area (TPSA) is 71.5 Å². The Hall–Kier alpha value is -2.89. The summed E-state index contributed by atoms with van der Waals surface area (Å²) in [5, 5.41) is 3.01. The number of carbonyl (C=O) groups is 2. The second kappa shape index (κ2) is 8.66. The van der Waals surface area contributed by atoms with Gasteiger partial charge in [-0.15, -0.1) is 0 Å². The van der Waals surface area contributed by atoms with E-state index in [2.05, 4.69) is 16.4 Å². The predicted octanol–water partition coefficient (Wildman–Crippen LogP) is 2.28. The molecule has 1 unspecified atom stereocenters. The number of aryl methyl sites for hydroxylation is 1. The van der Waals surface area contributed by atoms with Gasteiger partial charge in [0.05, 0.1) is 11.6 Å². The molecule has 1 heterocycles. The molecule has 0 saturated carbocycles. The summed E-state index contributed by atoms with van der Waals surface area (Å²) in [5.74, 6) is 0.328. The van der Waals surface area contributed by atoms with Crippen molar-refractivity contribution in [1.29, 1.82) is 0 Å². The Morgan fingerprint density at radius 2 is 2.11 bits per heavy atom. The minimum atomic E-state index is -0.188. The van der Waals surface area contributed by atoms with Gasteiger partial charge < -0.3 is 15.0 Å². The van der Waals surface area contributed by atoms with Gasteiger partial charge in [-0.2, -0.15) is 0 Å². The molecule has 142 valence electrons. The highest BCUT2D eigenvalue weighted by molar-refractivity contribution is 5.83. The maximum absolute atomic E-state index is 12.7. The number of fused-ring (bicyclic) bond motifs is 1. The number of rotatable bonds is 6. The van der Waals surface area contributed by atoms with Crippen LogP contribution >= 0.6 is 0 Å². The largest absolute Gasteiger partial charge is 0.484 e. The molecule has 1 N–H and O–H groups in total. The summed E-state index contributed by atoms with van der Waals surface area (Å²) in [4.78, 5) is 30.2. The number of pyridine rings is 1. The lowest BCUT2D eigenvalue weighted by Gasteiger charge is -2.23. The molecule has 0 fully saturated rings. The van der Waals surface area contributed by atoms with Crippen molar-refractivity contribution in [2.24, 2.45) is 0 Å². The highest BCUT2D eigenvalue weighted by Gasteiger charge is 2.27. The fourth-order valence-electron chi connectivity index (χ4n) is 3.20. The van der Waals surface area contributed by atoms with Crippen molar-refractivity contribution in [3.63, 3.8) is 0 Å². The summed E-state index contributed by atoms with van der Waals surface area (Å²) in [7, 11) is 3.38. The Balaban J connectivity index is 1.58. The third-order valence-corrected chi connectivity index (χ3v) is 4.74. The zero-order valence-corrected chi connectivity index (χ0v) is 15.8. The van der Waals surface area contributed by atoms with Gasteiger partial charge in [-0.3, -0.25) is 14.6 Å². The molecule has 1 aliphatic rings. The second-order valence-electron chi connectivity index (χ2n) is 6.93. The van der Waals surface area contributed by atoms with E-state index < -0.39 is 0 Å². The molecule has 2 amide bonds. The van der Waals surface area contributed by atoms with Gasteiger partial charge in [0.2, 0.25) is 5.91 Å². The van der Waals surface area contributed by atoms with E-state index in [9.17, 15) is 9.59 Å². The molecule has 0 radical (unpaired) electrons. The summed E-state index contributed by atoms with van der Waals surface area (Å²) >= 11 is 0. The van der Waals surface area contributed by atoms with Crippen LogP contribution in [0.5, 0.6) is 5.75 Å². The summed E-state index contributed by atoms with van der Waals surface area (Å²) in [6.45, 7) is 0.406. The van der Waals surface area contributed by atoms with Crippen molar-refractivity contribution >= 4 is 11.8 Å². The first-order valence-corrected chi connectivity index (χ1v) is 9.18. The van der Waals surface area contributed by atoms with Crippen LogP contribution < -0.4 is 10.1 Å². The van der Waals surface area contributed by atoms with E-state index in [0.717, 1.165) is 30.5 Å². The molecule has 0 bridgehead atoms. The van der Waals surface area contributed by atoms with Crippen LogP contribution in [0.3, 0.4) is 0 Å². The maximum atomic E-state index is 12.7. The van der Waals surface area contributed by atoms with Gasteiger partial charge in [-0.1, -0.05) is 18.2 Å². The van der Waals surface area contributed by atoms with Crippen LogP contribution in [0.25, 0.3) is 0 Å². The summed E-state index contributed by atoms with van der Waals surface area (Å²) in [5.41, 5.74) is 3.00. The first-order chi connectivity index (χ1) is 13.0. The number of likely N-dealkylation sites (N-methyl/N-ethyl adjacent to an activating group) is 1. The molecule has 2 aromatic rings. The number of amides is 2. The van der Waals surface area contributed by atoms with Gasteiger partial charge in [-0.05, 0) is 48.6 Å². The van der Waals surface area contributed by atoms with Crippen LogP contribution in [-0.4, -0.2) is 42.4 Å². The molecule has 0 spiro atoms. The third kappa shape index (κ3) is 4.84. The van der Waals surface area contributed by atoms with Gasteiger partial charge in [0, 0.05) is 26.8 Å². The van der Waals surface area contributed by atoms with Gasteiger partial charge in [0.25, 0.3) is 5.91 Å². The number of benzene rings is 1. The number of nitrogens with zero attached hydrogens (tertiary/aromatic N) is 2. The number of aromatic nitrogens is 1. The SMILES string of the molecule is CN(C)C(=O)COc1cccc(CNC(=O)C2CCCc3cccnc32)c1. The van der Waals surface area contributed by atoms with Crippen LogP contribution in [0, 0.1) is 0 Å². The minimum Gasteiger partial charge on any atom is -0.484 e. The van der Waals surface area contributed by atoms with Crippen molar-refractivity contribution in [3.8, 4) is 5.75 Å². The quantitative estimate of drug-likeness (QED) is 0.850. The average Bonchev–Trinajstić information content (AvgIpc) is 2.70. The van der Waals surface area contributed by atoms with Crippen molar-refractivity contribution in [2.45, 2.75) is 31.7 Å². The maximum Gasteiger partial charge on any atom is 0.259 e. The molecular weight excluding hydrogens is 342 g/mol. The van der Waals surface area contributed by atoms with E-state index in [0.29, 0.717) is 12.3 Å². The van der Waals surface area contributed by atoms with Crippen LogP contribution in [0.15, 0.2) is 42.6 Å². The van der Waals surface area contributed by atoms with E-state index in [1.54, 1.807) is 26.4 Å². The fraction of sp³-hybridized carbons (Fsp3) is 0.381. The molecule has 0 saturated heterocycles. The fourth-order valence-corrected chi connectivity index (χ4v) is 3.20. The molecule has 3 rings (SSSR count). The standard InChI is InChI=1S/C21H25N3O3/c1-24(2)19(25)14-27-17-9-3-6-15(12-17)13-23-21(26)18-10-4-7-16-8-5-11-22-20(16)18/h3,5-6,8-9,11-12,18H,4,7,10,13-14H2,1-2H3,(H,23,26). The van der Waals surface area contributed by atoms with E-state index in [4.69, 9.17) is 4.74 Å². The first kappa shape index (κ1) is 18.9. The Kier molecular flexibility index (Phi) is 6.06. The first-order valence-electron chi connectivity index (χ1n) is 9.18. The van der Waals surface area contributed by atoms with Crippen molar-refractivity contribution in [2.75, 3.05) is 20.7 Å². The molecule has 0 aliphatic heterocycles. The minimum absolute atomic E-state index is 0.00348. The summed E-state index contributed by atoms with van der Waals surface area (Å²) < 4.78 is 5.53. The van der Waals surface area contributed by atoms with Crippen molar-refractivity contribution in [1.82, 2.24) is 15.2 Å². The van der Waals surface area contributed by atoms with Crippen LogP contribution in [0.1, 0.15) is 35.6 Å². The zero-order valence-electron chi connectivity index (χ0n) is 15.8. The van der Waals surface area contributed by atoms with E-state index in [-0.39, 0.29) is 24.3 Å². The van der Waals surface area contributed by atoms with Gasteiger partial charge in [0.1, 0.15) is 5.75 Å². The number of carbonyl (C=O) groups excluding carboxylic acids is 2. The van der Waals surface area contributed by atoms with Crippen molar-refractivity contribution in [3.05, 3.63) is 59.4 Å². The predicted molar refractivity (Wildman–Crippen MR) is 102 cm³/mol. The second-order valence-corrected chi connectivity index (χ2v) is 6.93. The Labute approximate surface area is 159 Å². The summed E-state index contributed by atoms with van der Waals surface area (Å²) in [6.07, 6.45) is 4.56. The number of hydrogen-bond acceptors (Lipinski definition) is 4. The average molecular weight is 367 g/mol. The molecule has 1 aliphatic carbocycles. The monoisotopic (exact) mass is 367 g/mol. The lowest BCUT2D eigenvalue weighted by Crippen LogP contribution is -2.31. The highest BCUT2D eigenvalue weighted by atomic mass is 16.5. The zero-order chi connectivity index (χ0) is 19.2. The van der Waals surface area contributed by atoms with Crippen LogP contribution in [0.2, 0.25) is 0 Å². The molecule has 6 heteroatoms. The number of nitrogens with one attached hydrogen (secondary N) is 1. The molecule has 6 nitrogen and oxygen atoms in total. The van der Waals surface area contributed by atoms with E-state index in [1.165, 1.54) is 10.5 Å². The van der Waals surface area contributed by atoms with Crippen LogP contribution in [0.4, 0.5) is 0 Å². The molecular formula is C21H25N3O3. The normalized spacial score (nSPS) is 15.6. The Bertz CT molecular complexity index is 820. The van der Waals surface area contributed by atoms with E-state index in [1.807, 2.05) is 24.3 Å². The van der Waals surface area contributed by atoms with Gasteiger partial charge in [-0.25, -0.2) is 0 Å². The molecule has 1 aromatic carbocycles. The van der Waals surface area contributed by atoms with E-state index >= 15 is 0 Å². The molecule has 1 atom stereocenters. The third-order valence-electron chi connectivity index (χ3n) is 4.74. The molecule has 1 aromatic heterocycles. The van der Waals surface area contributed by atoms with Gasteiger partial charge in [0.15, 0.2) is 6.61 Å². The number of ether oxygens (including phenoxy) is 1. The smallest absolute Gasteiger partial charge is 0.259 e. The van der Waals surface area contributed by atoms with Crippen molar-refractivity contribution < 1.29 is 14.3 Å². The van der Waals surface area contributed by atoms with Gasteiger partial charge >= 0.3 is 0 Å². The molecule has 27 heavy (non-hydrogen) atoms. The Morgan fingerprint density at radius 1 is 1.26 bits per heavy atom. The number of hydrogen-bond donors (Lipinski definition) is 1. The highest BCUT2D eigenvalue weighted by Crippen LogP contribution is 2.29. The summed E-state index contributed by atoms with van der Waals surface area (Å²) in [6, 6.07) is 11.4.